The second kappa shape index (κ2) is 58.1. The van der Waals surface area contributed by atoms with Crippen molar-refractivity contribution in [2.24, 2.45) is 5.92 Å². The van der Waals surface area contributed by atoms with Crippen LogP contribution in [0.25, 0.3) is 135 Å². The van der Waals surface area contributed by atoms with Crippen LogP contribution in [0.3, 0.4) is 0 Å². The Balaban J connectivity index is 0.000000177. The second-order valence-corrected chi connectivity index (χ2v) is 32.8. The van der Waals surface area contributed by atoms with Crippen molar-refractivity contribution in [3.05, 3.63) is 531 Å². The largest absolute Gasteiger partial charge is 0.305 e. The van der Waals surface area contributed by atoms with Crippen molar-refractivity contribution in [3.8, 4) is 135 Å². The van der Waals surface area contributed by atoms with Crippen LogP contribution in [0, 0.1) is 89.1 Å². The molecule has 8 aromatic heterocycles. The Morgan fingerprint density at radius 2 is 0.457 bits per heavy atom. The monoisotopic (exact) mass is 2500 g/mol. The van der Waals surface area contributed by atoms with E-state index in [-0.39, 0.29) is 80.4 Å². The molecule has 20 aromatic rings. The van der Waals surface area contributed by atoms with Gasteiger partial charge in [-0.05, 0) is 213 Å². The SMILES string of the molecule is CC(C)Cc1cccc(-c2ccnc(-c3[c-]cccc3)c2)c1.CC(C)c1cccc(-c2ccnc(-c3[c-]cccc3)c2)c1.CCc1cccc(-c2ccnc(-c3[c-]cccc3)c2)c1.Cc1ccc(-c2[c-]cccc2)nc1.Cc1ccc(-c2[c-]cccc2)nc1.Cc1ccc(-c2[c-]cccc2)nc1.Cc1ccc(-c2[c-]cccc2)nc1.Cc1cccc(-c2ccnc(-c3[c-]cccc3)c2)c1.[Ir].[Ir].[Ir].[Ir]. The van der Waals surface area contributed by atoms with Crippen LogP contribution in [-0.2, 0) is 93.3 Å². The molecule has 0 bridgehead atoms. The summed E-state index contributed by atoms with van der Waals surface area (Å²) in [6.45, 7) is 21.4. The zero-order valence-electron chi connectivity index (χ0n) is 79.0. The number of nitrogens with zero attached hydrogens (tertiary/aromatic N) is 8. The molecule has 0 atom stereocenters. The van der Waals surface area contributed by atoms with Crippen molar-refractivity contribution in [2.45, 2.75) is 88.0 Å². The standard InChI is InChI=1S/C21H20N.C20H18N.C19H16N.C18H14N.4C12H10N.4Ir/c1-16(2)13-17-7-6-10-19(14-17)20-11-12-22-21(15-20)18-8-4-3-5-9-18;1-15(2)17-9-6-10-18(13-17)19-11-12-21-20(14-19)16-7-4-3-5-8-16;1-2-15-7-6-10-17(13-15)18-11-12-20-19(14-18)16-8-4-3-5-9-16;1-14-6-5-9-16(12-14)17-10-11-19-18(13-17)15-7-3-2-4-8-15;4*1-10-7-8-12(13-9-10)11-5-3-2-4-6-11;;;;/h3-8,10-12,14-16H,13H2,1-2H3;3-7,9-15H,1-2H3;3-8,10-14H,2H2,1H3;2-7,9-13H,1H3;4*2-5,7-9H,1H3;;;;/q8*-1;;;;. The zero-order valence-corrected chi connectivity index (χ0v) is 88.6. The van der Waals surface area contributed by atoms with Gasteiger partial charge in [0.2, 0.25) is 0 Å². The van der Waals surface area contributed by atoms with Crippen molar-refractivity contribution >= 4 is 0 Å². The van der Waals surface area contributed by atoms with Crippen LogP contribution in [0.5, 0.6) is 0 Å². The van der Waals surface area contributed by atoms with Crippen LogP contribution in [0.2, 0.25) is 0 Å². The Bertz CT molecular complexity index is 6550. The fourth-order valence-electron chi connectivity index (χ4n) is 14.2. The van der Waals surface area contributed by atoms with E-state index in [2.05, 4.69) is 294 Å². The summed E-state index contributed by atoms with van der Waals surface area (Å²) in [6, 6.07) is 156. The molecule has 0 aliphatic carbocycles. The second-order valence-electron chi connectivity index (χ2n) is 32.8. The summed E-state index contributed by atoms with van der Waals surface area (Å²) in [4.78, 5) is 35.1. The zero-order chi connectivity index (χ0) is 93.3. The molecule has 138 heavy (non-hydrogen) atoms. The molecule has 0 aliphatic heterocycles. The van der Waals surface area contributed by atoms with Gasteiger partial charge in [0.15, 0.2) is 0 Å². The molecular formula is C126H108Ir4N8-8. The van der Waals surface area contributed by atoms with E-state index < -0.39 is 0 Å². The Labute approximate surface area is 871 Å². The summed E-state index contributed by atoms with van der Waals surface area (Å²) < 4.78 is 0. The van der Waals surface area contributed by atoms with E-state index in [1.165, 1.54) is 89.0 Å². The number of pyridine rings is 8. The van der Waals surface area contributed by atoms with Crippen LogP contribution in [0.1, 0.15) is 85.0 Å². The molecule has 0 spiro atoms. The number of aromatic nitrogens is 8. The van der Waals surface area contributed by atoms with Gasteiger partial charge in [0.1, 0.15) is 0 Å². The van der Waals surface area contributed by atoms with Gasteiger partial charge in [-0.3, -0.25) is 0 Å². The first kappa shape index (κ1) is 108. The summed E-state index contributed by atoms with van der Waals surface area (Å²) in [5.74, 6) is 1.20. The summed E-state index contributed by atoms with van der Waals surface area (Å²) in [7, 11) is 0. The van der Waals surface area contributed by atoms with Gasteiger partial charge in [-0.1, -0.05) is 210 Å². The van der Waals surface area contributed by atoms with E-state index in [9.17, 15) is 0 Å². The molecule has 0 fully saturated rings. The molecule has 0 amide bonds. The van der Waals surface area contributed by atoms with Gasteiger partial charge in [0, 0.05) is 130 Å². The Morgan fingerprint density at radius 1 is 0.210 bits per heavy atom. The number of aryl methyl sites for hydroxylation is 6. The Morgan fingerprint density at radius 3 is 0.703 bits per heavy atom. The molecule has 0 aliphatic rings. The summed E-state index contributed by atoms with van der Waals surface area (Å²) >= 11 is 0. The van der Waals surface area contributed by atoms with E-state index >= 15 is 0 Å². The number of hydrogen-bond donors (Lipinski definition) is 0. The van der Waals surface area contributed by atoms with Crippen molar-refractivity contribution in [2.75, 3.05) is 0 Å². The van der Waals surface area contributed by atoms with Crippen molar-refractivity contribution in [3.63, 3.8) is 0 Å². The van der Waals surface area contributed by atoms with Crippen molar-refractivity contribution in [1.82, 2.24) is 39.9 Å². The molecular weight excluding hydrogens is 2390 g/mol. The normalized spacial score (nSPS) is 10.1. The van der Waals surface area contributed by atoms with Crippen LogP contribution >= 0.6 is 0 Å². The summed E-state index contributed by atoms with van der Waals surface area (Å²) in [6.07, 6.45) is 17.1. The maximum absolute atomic E-state index is 4.47. The van der Waals surface area contributed by atoms with Crippen LogP contribution in [0.15, 0.2) is 438 Å². The van der Waals surface area contributed by atoms with E-state index in [0.717, 1.165) is 103 Å². The average Bonchev–Trinajstić information content (AvgIpc) is 0.839. The smallest absolute Gasteiger partial charge is 0.0190 e. The van der Waals surface area contributed by atoms with Gasteiger partial charge in [-0.2, -0.15) is 0 Å². The number of hydrogen-bond acceptors (Lipinski definition) is 8. The third-order valence-electron chi connectivity index (χ3n) is 21.4. The van der Waals surface area contributed by atoms with Gasteiger partial charge in [-0.25, -0.2) is 0 Å². The fraction of sp³-hybridized carbons (Fsp3) is 0.111. The van der Waals surface area contributed by atoms with E-state index in [1.54, 1.807) is 0 Å². The van der Waals surface area contributed by atoms with Crippen LogP contribution in [0.4, 0.5) is 0 Å². The number of rotatable bonds is 16. The number of benzene rings is 12. The molecule has 0 unspecified atom stereocenters. The average molecular weight is 2500 g/mol. The minimum Gasteiger partial charge on any atom is -0.305 e. The molecule has 12 aromatic carbocycles. The maximum atomic E-state index is 4.47. The van der Waals surface area contributed by atoms with Gasteiger partial charge in [0.05, 0.1) is 0 Å². The van der Waals surface area contributed by atoms with Gasteiger partial charge in [-0.15, -0.1) is 287 Å². The Hall–Kier alpha value is -13.6. The van der Waals surface area contributed by atoms with Gasteiger partial charge >= 0.3 is 0 Å². The molecule has 0 N–H and O–H groups in total. The maximum Gasteiger partial charge on any atom is 0.0190 e. The molecule has 8 heterocycles. The summed E-state index contributed by atoms with van der Waals surface area (Å²) in [5, 5.41) is 0. The molecule has 0 saturated heterocycles. The fourth-order valence-corrected chi connectivity index (χ4v) is 14.2. The predicted molar refractivity (Wildman–Crippen MR) is 556 cm³/mol. The minimum atomic E-state index is 0. The molecule has 8 nitrogen and oxygen atoms in total. The third-order valence-corrected chi connectivity index (χ3v) is 21.4. The first-order valence-electron chi connectivity index (χ1n) is 45.3. The van der Waals surface area contributed by atoms with E-state index in [0.29, 0.717) is 11.8 Å². The molecule has 696 valence electrons. The molecule has 4 radical (unpaired) electrons. The predicted octanol–water partition coefficient (Wildman–Crippen LogP) is 31.5. The van der Waals surface area contributed by atoms with Gasteiger partial charge < -0.3 is 39.9 Å². The molecule has 20 rings (SSSR count). The van der Waals surface area contributed by atoms with Crippen LogP contribution in [-0.4, -0.2) is 39.9 Å². The molecule has 0 saturated carbocycles. The Kier molecular flexibility index (Phi) is 45.5. The van der Waals surface area contributed by atoms with Crippen LogP contribution < -0.4 is 0 Å². The minimum absolute atomic E-state index is 0. The molecule has 12 heteroatoms. The van der Waals surface area contributed by atoms with Crippen molar-refractivity contribution < 1.29 is 80.4 Å². The third kappa shape index (κ3) is 34.6. The van der Waals surface area contributed by atoms with E-state index in [4.69, 9.17) is 0 Å². The quantitative estimate of drug-likeness (QED) is 0.0882. The topological polar surface area (TPSA) is 103 Å². The van der Waals surface area contributed by atoms with Gasteiger partial charge in [0.25, 0.3) is 0 Å². The van der Waals surface area contributed by atoms with Crippen molar-refractivity contribution in [1.29, 1.82) is 0 Å². The first-order valence-corrected chi connectivity index (χ1v) is 45.3. The first-order chi connectivity index (χ1) is 65.6. The van der Waals surface area contributed by atoms with E-state index in [1.807, 2.05) is 302 Å². The summed E-state index contributed by atoms with van der Waals surface area (Å²) in [5.41, 5.74) is 35.9.